The van der Waals surface area contributed by atoms with Crippen molar-refractivity contribution < 1.29 is 14.3 Å². The van der Waals surface area contributed by atoms with E-state index in [1.54, 1.807) is 6.92 Å². The number of rotatable bonds is 9. The van der Waals surface area contributed by atoms with Gasteiger partial charge in [-0.25, -0.2) is 0 Å². The molecule has 0 aromatic heterocycles. The Morgan fingerprint density at radius 1 is 1.12 bits per heavy atom. The molecule has 0 bridgehead atoms. The molecular formula is C13H24O3. The third-order valence-corrected chi connectivity index (χ3v) is 2.87. The van der Waals surface area contributed by atoms with Gasteiger partial charge in [0.25, 0.3) is 0 Å². The molecule has 0 aromatic rings. The zero-order valence-electron chi connectivity index (χ0n) is 10.8. The number of ether oxygens (including phenoxy) is 1. The zero-order valence-corrected chi connectivity index (χ0v) is 10.8. The Hall–Kier alpha value is -0.860. The Labute approximate surface area is 98.6 Å². The molecule has 0 heterocycles. The highest BCUT2D eigenvalue weighted by Gasteiger charge is 2.18. The van der Waals surface area contributed by atoms with Gasteiger partial charge < -0.3 is 4.74 Å². The SMILES string of the molecule is CCCCCCCC(CC(=O)OC)C(C)=O. The maximum atomic E-state index is 11.3. The summed E-state index contributed by atoms with van der Waals surface area (Å²) < 4.78 is 4.58. The third kappa shape index (κ3) is 7.43. The molecule has 0 aromatic carbocycles. The van der Waals surface area contributed by atoms with Gasteiger partial charge in [0.05, 0.1) is 13.5 Å². The molecule has 0 aliphatic carbocycles. The van der Waals surface area contributed by atoms with Crippen molar-refractivity contribution >= 4 is 11.8 Å². The summed E-state index contributed by atoms with van der Waals surface area (Å²) in [5.41, 5.74) is 0. The van der Waals surface area contributed by atoms with Crippen LogP contribution in [0, 0.1) is 5.92 Å². The van der Waals surface area contributed by atoms with Crippen LogP contribution in [0.15, 0.2) is 0 Å². The molecular weight excluding hydrogens is 204 g/mol. The van der Waals surface area contributed by atoms with Crippen molar-refractivity contribution in [2.75, 3.05) is 7.11 Å². The number of carbonyl (C=O) groups is 2. The minimum atomic E-state index is -0.284. The van der Waals surface area contributed by atoms with Crippen LogP contribution in [0.1, 0.15) is 58.8 Å². The number of hydrogen-bond acceptors (Lipinski definition) is 3. The monoisotopic (exact) mass is 228 g/mol. The van der Waals surface area contributed by atoms with E-state index in [1.165, 1.54) is 26.4 Å². The quantitative estimate of drug-likeness (QED) is 0.450. The van der Waals surface area contributed by atoms with E-state index in [0.717, 1.165) is 19.3 Å². The first kappa shape index (κ1) is 15.1. The molecule has 0 aliphatic heterocycles. The van der Waals surface area contributed by atoms with Crippen LogP contribution in [0.5, 0.6) is 0 Å². The molecule has 94 valence electrons. The van der Waals surface area contributed by atoms with Crippen molar-refractivity contribution in [3.63, 3.8) is 0 Å². The Bertz CT molecular complexity index is 211. The van der Waals surface area contributed by atoms with E-state index in [2.05, 4.69) is 11.7 Å². The first-order valence-corrected chi connectivity index (χ1v) is 6.19. The second kappa shape index (κ2) is 9.37. The van der Waals surface area contributed by atoms with Crippen LogP contribution in [0.3, 0.4) is 0 Å². The van der Waals surface area contributed by atoms with Gasteiger partial charge in [0.2, 0.25) is 0 Å². The van der Waals surface area contributed by atoms with Crippen molar-refractivity contribution in [3.8, 4) is 0 Å². The van der Waals surface area contributed by atoms with Gasteiger partial charge >= 0.3 is 5.97 Å². The topological polar surface area (TPSA) is 43.4 Å². The van der Waals surface area contributed by atoms with Gasteiger partial charge in [-0.15, -0.1) is 0 Å². The van der Waals surface area contributed by atoms with Crippen LogP contribution in [0.4, 0.5) is 0 Å². The van der Waals surface area contributed by atoms with Crippen LogP contribution in [-0.4, -0.2) is 18.9 Å². The molecule has 0 fully saturated rings. The highest BCUT2D eigenvalue weighted by molar-refractivity contribution is 5.83. The molecule has 0 spiro atoms. The molecule has 1 unspecified atom stereocenters. The average Bonchev–Trinajstić information content (AvgIpc) is 2.26. The predicted octanol–water partition coefficient (Wildman–Crippen LogP) is 3.12. The van der Waals surface area contributed by atoms with Gasteiger partial charge in [-0.3, -0.25) is 9.59 Å². The molecule has 0 N–H and O–H groups in total. The largest absolute Gasteiger partial charge is 0.469 e. The average molecular weight is 228 g/mol. The van der Waals surface area contributed by atoms with Crippen LogP contribution in [0.2, 0.25) is 0 Å². The summed E-state index contributed by atoms with van der Waals surface area (Å²) in [6.45, 7) is 3.73. The number of carbonyl (C=O) groups excluding carboxylic acids is 2. The van der Waals surface area contributed by atoms with Gasteiger partial charge in [-0.1, -0.05) is 39.0 Å². The number of ketones is 1. The lowest BCUT2D eigenvalue weighted by Gasteiger charge is -2.11. The van der Waals surface area contributed by atoms with Gasteiger partial charge in [-0.05, 0) is 13.3 Å². The third-order valence-electron chi connectivity index (χ3n) is 2.87. The molecule has 0 amide bonds. The van der Waals surface area contributed by atoms with Gasteiger partial charge in [-0.2, -0.15) is 0 Å². The first-order valence-electron chi connectivity index (χ1n) is 6.19. The van der Waals surface area contributed by atoms with E-state index >= 15 is 0 Å². The fourth-order valence-corrected chi connectivity index (χ4v) is 1.73. The number of hydrogen-bond donors (Lipinski definition) is 0. The summed E-state index contributed by atoms with van der Waals surface area (Å²) >= 11 is 0. The van der Waals surface area contributed by atoms with Crippen molar-refractivity contribution in [2.24, 2.45) is 5.92 Å². The number of unbranched alkanes of at least 4 members (excludes halogenated alkanes) is 4. The smallest absolute Gasteiger partial charge is 0.306 e. The molecule has 0 aliphatic rings. The number of Topliss-reactive ketones (excluding diaryl/α,β-unsaturated/α-hetero) is 1. The Balaban J connectivity index is 3.77. The maximum Gasteiger partial charge on any atom is 0.306 e. The van der Waals surface area contributed by atoms with Crippen molar-refractivity contribution in [1.82, 2.24) is 0 Å². The Morgan fingerprint density at radius 3 is 2.25 bits per heavy atom. The first-order chi connectivity index (χ1) is 7.61. The fourth-order valence-electron chi connectivity index (χ4n) is 1.73. The van der Waals surface area contributed by atoms with E-state index in [1.807, 2.05) is 0 Å². The highest BCUT2D eigenvalue weighted by atomic mass is 16.5. The number of esters is 1. The second-order valence-corrected chi connectivity index (χ2v) is 4.29. The molecule has 16 heavy (non-hydrogen) atoms. The lowest BCUT2D eigenvalue weighted by atomic mass is 9.94. The normalized spacial score (nSPS) is 12.2. The highest BCUT2D eigenvalue weighted by Crippen LogP contribution is 2.16. The van der Waals surface area contributed by atoms with Crippen molar-refractivity contribution in [3.05, 3.63) is 0 Å². The van der Waals surface area contributed by atoms with Crippen LogP contribution < -0.4 is 0 Å². The van der Waals surface area contributed by atoms with E-state index in [4.69, 9.17) is 0 Å². The standard InChI is InChI=1S/C13H24O3/c1-4-5-6-7-8-9-12(11(2)14)10-13(15)16-3/h12H,4-10H2,1-3H3. The Kier molecular flexibility index (Phi) is 8.87. The minimum Gasteiger partial charge on any atom is -0.469 e. The molecule has 0 saturated heterocycles. The molecule has 3 heteroatoms. The predicted molar refractivity (Wildman–Crippen MR) is 64.2 cm³/mol. The summed E-state index contributed by atoms with van der Waals surface area (Å²) in [5.74, 6) is -0.330. The molecule has 0 rings (SSSR count). The summed E-state index contributed by atoms with van der Waals surface area (Å²) in [6, 6.07) is 0. The van der Waals surface area contributed by atoms with E-state index in [-0.39, 0.29) is 24.1 Å². The second-order valence-electron chi connectivity index (χ2n) is 4.29. The van der Waals surface area contributed by atoms with Crippen LogP contribution in [0.25, 0.3) is 0 Å². The Morgan fingerprint density at radius 2 is 1.75 bits per heavy atom. The fraction of sp³-hybridized carbons (Fsp3) is 0.846. The summed E-state index contributed by atoms with van der Waals surface area (Å²) in [7, 11) is 1.36. The summed E-state index contributed by atoms with van der Waals surface area (Å²) in [5, 5.41) is 0. The minimum absolute atomic E-state index is 0.0980. The van der Waals surface area contributed by atoms with Crippen molar-refractivity contribution in [2.45, 2.75) is 58.8 Å². The summed E-state index contributed by atoms with van der Waals surface area (Å²) in [6.07, 6.45) is 6.92. The molecule has 3 nitrogen and oxygen atoms in total. The van der Waals surface area contributed by atoms with Crippen LogP contribution >= 0.6 is 0 Å². The van der Waals surface area contributed by atoms with E-state index in [0.29, 0.717) is 0 Å². The molecule has 1 atom stereocenters. The van der Waals surface area contributed by atoms with E-state index < -0.39 is 0 Å². The molecule has 0 saturated carbocycles. The molecule has 0 radical (unpaired) electrons. The van der Waals surface area contributed by atoms with Crippen molar-refractivity contribution in [1.29, 1.82) is 0 Å². The lowest BCUT2D eigenvalue weighted by molar-refractivity contribution is -0.143. The van der Waals surface area contributed by atoms with Crippen LogP contribution in [-0.2, 0) is 14.3 Å². The maximum absolute atomic E-state index is 11.3. The summed E-state index contributed by atoms with van der Waals surface area (Å²) in [4.78, 5) is 22.4. The van der Waals surface area contributed by atoms with Gasteiger partial charge in [0, 0.05) is 5.92 Å². The lowest BCUT2D eigenvalue weighted by Crippen LogP contribution is -2.16. The van der Waals surface area contributed by atoms with Gasteiger partial charge in [0.1, 0.15) is 5.78 Å². The van der Waals surface area contributed by atoms with E-state index in [9.17, 15) is 9.59 Å². The van der Waals surface area contributed by atoms with Gasteiger partial charge in [0.15, 0.2) is 0 Å². The zero-order chi connectivity index (χ0) is 12.4. The number of methoxy groups -OCH3 is 1.